The van der Waals surface area contributed by atoms with Gasteiger partial charge in [-0.05, 0) is 49.7 Å². The SMILES string of the molecule is COc1cccc(C(=O)N2CCN(c3cc(C)ccc3OC)C(=O)C2C)c1. The third-order valence-electron chi connectivity index (χ3n) is 4.86. The molecule has 6 nitrogen and oxygen atoms in total. The summed E-state index contributed by atoms with van der Waals surface area (Å²) >= 11 is 0. The number of rotatable bonds is 4. The van der Waals surface area contributed by atoms with Crippen molar-refractivity contribution in [3.63, 3.8) is 0 Å². The van der Waals surface area contributed by atoms with E-state index < -0.39 is 6.04 Å². The van der Waals surface area contributed by atoms with Gasteiger partial charge in [0.25, 0.3) is 5.91 Å². The van der Waals surface area contributed by atoms with Crippen molar-refractivity contribution in [2.45, 2.75) is 19.9 Å². The molecule has 0 N–H and O–H groups in total. The van der Waals surface area contributed by atoms with Crippen molar-refractivity contribution in [3.8, 4) is 11.5 Å². The van der Waals surface area contributed by atoms with Crippen LogP contribution in [0.5, 0.6) is 11.5 Å². The highest BCUT2D eigenvalue weighted by Crippen LogP contribution is 2.32. The van der Waals surface area contributed by atoms with E-state index in [1.165, 1.54) is 0 Å². The molecule has 0 bridgehead atoms. The molecule has 27 heavy (non-hydrogen) atoms. The zero-order chi connectivity index (χ0) is 19.6. The van der Waals surface area contributed by atoms with Gasteiger partial charge in [0.05, 0.1) is 19.9 Å². The first-order valence-corrected chi connectivity index (χ1v) is 8.87. The third-order valence-corrected chi connectivity index (χ3v) is 4.86. The molecular weight excluding hydrogens is 344 g/mol. The lowest BCUT2D eigenvalue weighted by atomic mass is 10.1. The maximum Gasteiger partial charge on any atom is 0.254 e. The van der Waals surface area contributed by atoms with Gasteiger partial charge in [-0.3, -0.25) is 9.59 Å². The molecule has 6 heteroatoms. The van der Waals surface area contributed by atoms with Crippen LogP contribution in [0.4, 0.5) is 5.69 Å². The molecule has 1 heterocycles. The maximum atomic E-state index is 13.0. The number of hydrogen-bond donors (Lipinski definition) is 0. The Hall–Kier alpha value is -3.02. The topological polar surface area (TPSA) is 59.1 Å². The number of aryl methyl sites for hydroxylation is 1. The molecule has 0 saturated carbocycles. The summed E-state index contributed by atoms with van der Waals surface area (Å²) in [5, 5.41) is 0. The lowest BCUT2D eigenvalue weighted by molar-refractivity contribution is -0.124. The number of benzene rings is 2. The normalized spacial score (nSPS) is 17.0. The second-order valence-electron chi connectivity index (χ2n) is 6.57. The van der Waals surface area contributed by atoms with Gasteiger partial charge in [-0.25, -0.2) is 0 Å². The first kappa shape index (κ1) is 18.8. The van der Waals surface area contributed by atoms with Gasteiger partial charge in [-0.15, -0.1) is 0 Å². The van der Waals surface area contributed by atoms with Crippen LogP contribution in [0, 0.1) is 6.92 Å². The summed E-state index contributed by atoms with van der Waals surface area (Å²) in [6.45, 7) is 4.59. The standard InChI is InChI=1S/C21H24N2O4/c1-14-8-9-19(27-4)18(12-14)23-11-10-22(15(2)20(23)24)21(25)16-6-5-7-17(13-16)26-3/h5-9,12-13,15H,10-11H2,1-4H3. The second kappa shape index (κ2) is 7.70. The largest absolute Gasteiger partial charge is 0.497 e. The van der Waals surface area contributed by atoms with Gasteiger partial charge in [0.1, 0.15) is 17.5 Å². The molecule has 1 unspecified atom stereocenters. The van der Waals surface area contributed by atoms with E-state index >= 15 is 0 Å². The van der Waals surface area contributed by atoms with Crippen molar-refractivity contribution in [2.75, 3.05) is 32.2 Å². The number of piperazine rings is 1. The predicted molar refractivity (Wildman–Crippen MR) is 104 cm³/mol. The Morgan fingerprint density at radius 3 is 2.56 bits per heavy atom. The summed E-state index contributed by atoms with van der Waals surface area (Å²) < 4.78 is 10.6. The van der Waals surface area contributed by atoms with E-state index in [0.29, 0.717) is 30.2 Å². The van der Waals surface area contributed by atoms with Crippen LogP contribution in [0.25, 0.3) is 0 Å². The summed E-state index contributed by atoms with van der Waals surface area (Å²) in [5.41, 5.74) is 2.29. The van der Waals surface area contributed by atoms with Gasteiger partial charge in [0.2, 0.25) is 5.91 Å². The number of anilines is 1. The minimum atomic E-state index is -0.567. The predicted octanol–water partition coefficient (Wildman–Crippen LogP) is 2.89. The molecule has 1 saturated heterocycles. The first-order chi connectivity index (χ1) is 13.0. The van der Waals surface area contributed by atoms with E-state index in [0.717, 1.165) is 11.3 Å². The number of ether oxygens (including phenoxy) is 2. The second-order valence-corrected chi connectivity index (χ2v) is 6.57. The average molecular weight is 368 g/mol. The van der Waals surface area contributed by atoms with Gasteiger partial charge in [0.15, 0.2) is 0 Å². The van der Waals surface area contributed by atoms with Crippen LogP contribution in [0.2, 0.25) is 0 Å². The molecule has 0 radical (unpaired) electrons. The number of carbonyl (C=O) groups is 2. The van der Waals surface area contributed by atoms with Crippen molar-refractivity contribution in [1.82, 2.24) is 4.90 Å². The third kappa shape index (κ3) is 3.60. The lowest BCUT2D eigenvalue weighted by Gasteiger charge is -2.39. The summed E-state index contributed by atoms with van der Waals surface area (Å²) in [7, 11) is 3.15. The molecule has 2 aromatic rings. The highest BCUT2D eigenvalue weighted by Gasteiger charge is 2.36. The van der Waals surface area contributed by atoms with Crippen LogP contribution in [-0.2, 0) is 4.79 Å². The zero-order valence-corrected chi connectivity index (χ0v) is 16.1. The minimum absolute atomic E-state index is 0.124. The molecule has 1 atom stereocenters. The Bertz CT molecular complexity index is 865. The lowest BCUT2D eigenvalue weighted by Crippen LogP contribution is -2.57. The smallest absolute Gasteiger partial charge is 0.254 e. The van der Waals surface area contributed by atoms with Gasteiger partial charge in [-0.2, -0.15) is 0 Å². The molecular formula is C21H24N2O4. The summed E-state index contributed by atoms with van der Waals surface area (Å²) in [5.74, 6) is 0.962. The van der Waals surface area contributed by atoms with E-state index in [-0.39, 0.29) is 11.8 Å². The van der Waals surface area contributed by atoms with Gasteiger partial charge in [-0.1, -0.05) is 12.1 Å². The molecule has 3 rings (SSSR count). The Kier molecular flexibility index (Phi) is 5.35. The fraction of sp³-hybridized carbons (Fsp3) is 0.333. The maximum absolute atomic E-state index is 13.0. The fourth-order valence-corrected chi connectivity index (χ4v) is 3.32. The molecule has 0 spiro atoms. The van der Waals surface area contributed by atoms with Crippen molar-refractivity contribution in [3.05, 3.63) is 53.6 Å². The highest BCUT2D eigenvalue weighted by atomic mass is 16.5. The van der Waals surface area contributed by atoms with Crippen molar-refractivity contribution < 1.29 is 19.1 Å². The zero-order valence-electron chi connectivity index (χ0n) is 16.1. The number of amides is 2. The van der Waals surface area contributed by atoms with Gasteiger partial charge >= 0.3 is 0 Å². The number of hydrogen-bond acceptors (Lipinski definition) is 4. The first-order valence-electron chi connectivity index (χ1n) is 8.87. The number of carbonyl (C=O) groups excluding carboxylic acids is 2. The van der Waals surface area contributed by atoms with Crippen molar-refractivity contribution in [2.24, 2.45) is 0 Å². The fourth-order valence-electron chi connectivity index (χ4n) is 3.32. The number of nitrogens with zero attached hydrogens (tertiary/aromatic N) is 2. The van der Waals surface area contributed by atoms with E-state index in [4.69, 9.17) is 9.47 Å². The Balaban J connectivity index is 1.84. The van der Waals surface area contributed by atoms with Gasteiger partial charge in [0, 0.05) is 18.7 Å². The number of methoxy groups -OCH3 is 2. The molecule has 1 aliphatic heterocycles. The van der Waals surface area contributed by atoms with E-state index in [1.807, 2.05) is 25.1 Å². The summed E-state index contributed by atoms with van der Waals surface area (Å²) in [6, 6.07) is 12.1. The average Bonchev–Trinajstić information content (AvgIpc) is 2.69. The van der Waals surface area contributed by atoms with Gasteiger partial charge < -0.3 is 19.3 Å². The summed E-state index contributed by atoms with van der Waals surface area (Å²) in [4.78, 5) is 29.3. The van der Waals surface area contributed by atoms with Crippen molar-refractivity contribution >= 4 is 17.5 Å². The minimum Gasteiger partial charge on any atom is -0.497 e. The molecule has 0 aliphatic carbocycles. The molecule has 1 aliphatic rings. The molecule has 2 aromatic carbocycles. The van der Waals surface area contributed by atoms with E-state index in [1.54, 1.807) is 55.2 Å². The van der Waals surface area contributed by atoms with Crippen LogP contribution in [0.1, 0.15) is 22.8 Å². The Morgan fingerprint density at radius 2 is 1.85 bits per heavy atom. The highest BCUT2D eigenvalue weighted by molar-refractivity contribution is 6.04. The van der Waals surface area contributed by atoms with Crippen LogP contribution in [0.3, 0.4) is 0 Å². The molecule has 0 aromatic heterocycles. The van der Waals surface area contributed by atoms with Crippen LogP contribution in [0.15, 0.2) is 42.5 Å². The quantitative estimate of drug-likeness (QED) is 0.833. The molecule has 1 fully saturated rings. The van der Waals surface area contributed by atoms with Crippen LogP contribution < -0.4 is 14.4 Å². The van der Waals surface area contributed by atoms with Crippen LogP contribution >= 0.6 is 0 Å². The monoisotopic (exact) mass is 368 g/mol. The van der Waals surface area contributed by atoms with Crippen LogP contribution in [-0.4, -0.2) is 50.1 Å². The van der Waals surface area contributed by atoms with E-state index in [2.05, 4.69) is 0 Å². The Morgan fingerprint density at radius 1 is 1.07 bits per heavy atom. The Labute approximate surface area is 159 Å². The summed E-state index contributed by atoms with van der Waals surface area (Å²) in [6.07, 6.45) is 0. The van der Waals surface area contributed by atoms with E-state index in [9.17, 15) is 9.59 Å². The molecule has 142 valence electrons. The molecule has 2 amide bonds. The van der Waals surface area contributed by atoms with Crippen molar-refractivity contribution in [1.29, 1.82) is 0 Å².